The van der Waals surface area contributed by atoms with Crippen molar-refractivity contribution in [2.45, 2.75) is 51.2 Å². The summed E-state index contributed by atoms with van der Waals surface area (Å²) in [5.41, 5.74) is 1.00. The number of benzene rings is 1. The first-order chi connectivity index (χ1) is 10.8. The van der Waals surface area contributed by atoms with Gasteiger partial charge in [-0.25, -0.2) is 8.00 Å². The molecule has 0 radical (unpaired) electrons. The third kappa shape index (κ3) is 5.94. The average molecular weight is 414 g/mol. The first-order valence-corrected chi connectivity index (χ1v) is 8.88. The Morgan fingerprint density at radius 3 is 2.68 bits per heavy atom. The van der Waals surface area contributed by atoms with Crippen LogP contribution in [0.2, 0.25) is 0 Å². The zero-order valence-corrected chi connectivity index (χ0v) is 14.9. The lowest BCUT2D eigenvalue weighted by Gasteiger charge is -2.27. The van der Waals surface area contributed by atoms with Crippen LogP contribution in [0, 0.1) is 5.92 Å². The second-order valence-corrected chi connectivity index (χ2v) is 6.27. The SMILES string of the molecule is O=C(NC1CCCCCCC1C=NI)OCc1ccccc1. The Balaban J connectivity index is 1.86. The normalized spacial score (nSPS) is 22.8. The molecular formula is C17H23IN2O2. The summed E-state index contributed by atoms with van der Waals surface area (Å²) in [4.78, 5) is 12.1. The summed E-state index contributed by atoms with van der Waals surface area (Å²) in [7, 11) is 0. The Morgan fingerprint density at radius 1 is 1.23 bits per heavy atom. The van der Waals surface area contributed by atoms with Crippen LogP contribution in [0.15, 0.2) is 33.5 Å². The average Bonchev–Trinajstić information content (AvgIpc) is 2.52. The van der Waals surface area contributed by atoms with Gasteiger partial charge in [0.15, 0.2) is 0 Å². The molecule has 1 N–H and O–H groups in total. The van der Waals surface area contributed by atoms with Crippen molar-refractivity contribution < 1.29 is 9.53 Å². The molecule has 22 heavy (non-hydrogen) atoms. The standard InChI is InChI=1S/C17H23IN2O2/c18-19-12-15-10-6-1-2-7-11-16(15)20-17(21)22-13-14-8-4-3-5-9-14/h3-5,8-9,12,15-16H,1-2,6-7,10-11,13H2,(H,20,21). The molecule has 1 amide bonds. The van der Waals surface area contributed by atoms with Crippen LogP contribution < -0.4 is 5.32 Å². The maximum absolute atomic E-state index is 12.1. The van der Waals surface area contributed by atoms with Gasteiger partial charge in [-0.1, -0.05) is 56.0 Å². The first kappa shape index (κ1) is 17.2. The lowest BCUT2D eigenvalue weighted by molar-refractivity contribution is 0.132. The predicted molar refractivity (Wildman–Crippen MR) is 97.3 cm³/mol. The minimum atomic E-state index is -0.332. The molecule has 0 heterocycles. The summed E-state index contributed by atoms with van der Waals surface area (Å²) < 4.78 is 9.47. The highest BCUT2D eigenvalue weighted by atomic mass is 127. The Bertz CT molecular complexity index is 479. The number of ether oxygens (including phenoxy) is 1. The number of nitrogens with one attached hydrogen (secondary N) is 1. The molecule has 1 aromatic rings. The van der Waals surface area contributed by atoms with Crippen molar-refractivity contribution in [1.82, 2.24) is 5.32 Å². The Kier molecular flexibility index (Phi) is 7.70. The van der Waals surface area contributed by atoms with Crippen molar-refractivity contribution in [3.05, 3.63) is 35.9 Å². The van der Waals surface area contributed by atoms with E-state index in [0.29, 0.717) is 12.5 Å². The lowest BCUT2D eigenvalue weighted by atomic mass is 9.87. The van der Waals surface area contributed by atoms with Crippen molar-refractivity contribution in [2.24, 2.45) is 9.12 Å². The van der Waals surface area contributed by atoms with Crippen LogP contribution in [0.1, 0.15) is 44.1 Å². The zero-order valence-electron chi connectivity index (χ0n) is 12.7. The molecule has 1 saturated carbocycles. The second-order valence-electron chi connectivity index (χ2n) is 5.71. The van der Waals surface area contributed by atoms with E-state index in [1.54, 1.807) is 0 Å². The van der Waals surface area contributed by atoms with Crippen LogP contribution >= 0.6 is 22.9 Å². The van der Waals surface area contributed by atoms with Crippen molar-refractivity contribution in [2.75, 3.05) is 0 Å². The highest BCUT2D eigenvalue weighted by Crippen LogP contribution is 2.22. The number of halogens is 1. The molecule has 4 nitrogen and oxygen atoms in total. The molecule has 1 aliphatic carbocycles. The Morgan fingerprint density at radius 2 is 1.95 bits per heavy atom. The molecule has 0 saturated heterocycles. The van der Waals surface area contributed by atoms with E-state index in [0.717, 1.165) is 24.8 Å². The summed E-state index contributed by atoms with van der Waals surface area (Å²) in [6.07, 6.45) is 8.57. The van der Waals surface area contributed by atoms with Crippen LogP contribution in [-0.2, 0) is 11.3 Å². The molecule has 5 heteroatoms. The third-order valence-corrected chi connectivity index (χ3v) is 4.40. The van der Waals surface area contributed by atoms with Crippen LogP contribution in [0.25, 0.3) is 0 Å². The fourth-order valence-corrected chi connectivity index (χ4v) is 3.27. The number of nitrogens with zero attached hydrogens (tertiary/aromatic N) is 1. The van der Waals surface area contributed by atoms with E-state index in [4.69, 9.17) is 4.74 Å². The molecule has 1 fully saturated rings. The summed E-state index contributed by atoms with van der Waals surface area (Å²) >= 11 is 2.01. The fraction of sp³-hybridized carbons (Fsp3) is 0.529. The number of alkyl carbamates (subject to hydrolysis) is 1. The summed E-state index contributed by atoms with van der Waals surface area (Å²) in [6.45, 7) is 0.310. The quantitative estimate of drug-likeness (QED) is 0.575. The molecule has 120 valence electrons. The molecule has 1 aromatic carbocycles. The lowest BCUT2D eigenvalue weighted by Crippen LogP contribution is -2.41. The van der Waals surface area contributed by atoms with Crippen molar-refractivity contribution in [3.63, 3.8) is 0 Å². The van der Waals surface area contributed by atoms with Crippen LogP contribution in [0.5, 0.6) is 0 Å². The zero-order chi connectivity index (χ0) is 15.6. The van der Waals surface area contributed by atoms with Gasteiger partial charge >= 0.3 is 6.09 Å². The molecule has 0 aromatic heterocycles. The molecule has 2 atom stereocenters. The highest BCUT2D eigenvalue weighted by molar-refractivity contribution is 14.1. The van der Waals surface area contributed by atoms with E-state index in [-0.39, 0.29) is 12.1 Å². The molecule has 0 aliphatic heterocycles. The van der Waals surface area contributed by atoms with Gasteiger partial charge in [-0.05, 0) is 18.4 Å². The first-order valence-electron chi connectivity index (χ1n) is 7.91. The maximum Gasteiger partial charge on any atom is 0.407 e. The van der Waals surface area contributed by atoms with E-state index < -0.39 is 0 Å². The van der Waals surface area contributed by atoms with Gasteiger partial charge in [0.1, 0.15) is 6.61 Å². The topological polar surface area (TPSA) is 50.7 Å². The minimum absolute atomic E-state index is 0.127. The van der Waals surface area contributed by atoms with Gasteiger partial charge < -0.3 is 10.1 Å². The van der Waals surface area contributed by atoms with Crippen molar-refractivity contribution >= 4 is 35.2 Å². The number of carbonyl (C=O) groups excluding carboxylic acids is 1. The predicted octanol–water partition coefficient (Wildman–Crippen LogP) is 4.67. The number of hydrogen-bond donors (Lipinski definition) is 1. The number of amides is 1. The molecule has 2 unspecified atom stereocenters. The number of carbonyl (C=O) groups is 1. The van der Waals surface area contributed by atoms with Crippen LogP contribution in [-0.4, -0.2) is 18.3 Å². The van der Waals surface area contributed by atoms with Gasteiger partial charge in [0.25, 0.3) is 0 Å². The van der Waals surface area contributed by atoms with E-state index >= 15 is 0 Å². The number of hydrogen-bond acceptors (Lipinski definition) is 3. The largest absolute Gasteiger partial charge is 0.445 e. The van der Waals surface area contributed by atoms with Crippen LogP contribution in [0.3, 0.4) is 0 Å². The van der Waals surface area contributed by atoms with Crippen molar-refractivity contribution in [3.8, 4) is 0 Å². The smallest absolute Gasteiger partial charge is 0.407 e. The van der Waals surface area contributed by atoms with E-state index in [1.165, 1.54) is 19.3 Å². The Labute approximate surface area is 146 Å². The van der Waals surface area contributed by atoms with Gasteiger partial charge in [-0.2, -0.15) is 0 Å². The number of rotatable bonds is 4. The molecular weight excluding hydrogens is 391 g/mol. The van der Waals surface area contributed by atoms with E-state index in [9.17, 15) is 4.79 Å². The van der Waals surface area contributed by atoms with Gasteiger partial charge in [0, 0.05) is 18.2 Å². The Hall–Kier alpha value is -1.11. The van der Waals surface area contributed by atoms with Gasteiger partial charge in [0.05, 0.1) is 22.9 Å². The molecule has 0 bridgehead atoms. The summed E-state index contributed by atoms with van der Waals surface area (Å²) in [6, 6.07) is 9.87. The summed E-state index contributed by atoms with van der Waals surface area (Å²) in [5.74, 6) is 0.307. The minimum Gasteiger partial charge on any atom is -0.445 e. The van der Waals surface area contributed by atoms with Crippen LogP contribution in [0.4, 0.5) is 4.79 Å². The summed E-state index contributed by atoms with van der Waals surface area (Å²) in [5, 5.41) is 3.04. The van der Waals surface area contributed by atoms with Gasteiger partial charge in [-0.3, -0.25) is 0 Å². The highest BCUT2D eigenvalue weighted by Gasteiger charge is 2.23. The molecule has 0 spiro atoms. The van der Waals surface area contributed by atoms with Gasteiger partial charge in [-0.15, -0.1) is 0 Å². The fourth-order valence-electron chi connectivity index (χ4n) is 2.86. The van der Waals surface area contributed by atoms with Gasteiger partial charge in [0.2, 0.25) is 0 Å². The monoisotopic (exact) mass is 414 g/mol. The van der Waals surface area contributed by atoms with E-state index in [1.807, 2.05) is 59.4 Å². The maximum atomic E-state index is 12.1. The van der Waals surface area contributed by atoms with Crippen molar-refractivity contribution in [1.29, 1.82) is 0 Å². The van der Waals surface area contributed by atoms with E-state index in [2.05, 4.69) is 8.52 Å². The molecule has 1 aliphatic rings. The third-order valence-electron chi connectivity index (χ3n) is 4.08. The second kappa shape index (κ2) is 9.82. The molecule has 2 rings (SSSR count).